The average molecular weight is 188 g/mol. The van der Waals surface area contributed by atoms with Gasteiger partial charge in [-0.05, 0) is 18.5 Å². The first-order chi connectivity index (χ1) is 6.81. The highest BCUT2D eigenvalue weighted by Crippen LogP contribution is 2.21. The monoisotopic (exact) mass is 188 g/mol. The highest BCUT2D eigenvalue weighted by Gasteiger charge is 2.13. The smallest absolute Gasteiger partial charge is 0.169 e. The standard InChI is InChI=1S/C10H12N4/c1-14-7-9(10(6-11)13-14)8-2-4-12-5-3-8/h2,7,12H,3-5H2,1H3. The molecule has 4 nitrogen and oxygen atoms in total. The molecule has 0 spiro atoms. The lowest BCUT2D eigenvalue weighted by molar-refractivity contribution is 0.738. The third-order valence-electron chi connectivity index (χ3n) is 2.34. The Kier molecular flexibility index (Phi) is 2.33. The van der Waals surface area contributed by atoms with Crippen molar-refractivity contribution >= 4 is 5.57 Å². The molecule has 2 rings (SSSR count). The largest absolute Gasteiger partial charge is 0.313 e. The second-order valence-electron chi connectivity index (χ2n) is 3.36. The first-order valence-corrected chi connectivity index (χ1v) is 4.65. The molecule has 72 valence electrons. The minimum atomic E-state index is 0.528. The molecule has 1 aliphatic heterocycles. The third kappa shape index (κ3) is 1.54. The summed E-state index contributed by atoms with van der Waals surface area (Å²) in [6.07, 6.45) is 5.01. The molecule has 1 N–H and O–H groups in total. The lowest BCUT2D eigenvalue weighted by Gasteiger charge is -2.12. The van der Waals surface area contributed by atoms with E-state index in [9.17, 15) is 0 Å². The van der Waals surface area contributed by atoms with E-state index in [2.05, 4.69) is 22.6 Å². The van der Waals surface area contributed by atoms with E-state index in [0.29, 0.717) is 5.69 Å². The van der Waals surface area contributed by atoms with Crippen molar-refractivity contribution in [3.8, 4) is 6.07 Å². The lowest BCUT2D eigenvalue weighted by Crippen LogP contribution is -2.20. The molecule has 1 aromatic heterocycles. The van der Waals surface area contributed by atoms with E-state index in [1.54, 1.807) is 4.68 Å². The fourth-order valence-corrected chi connectivity index (χ4v) is 1.67. The fourth-order valence-electron chi connectivity index (χ4n) is 1.67. The van der Waals surface area contributed by atoms with E-state index in [-0.39, 0.29) is 0 Å². The Labute approximate surface area is 82.8 Å². The molecule has 0 unspecified atom stereocenters. The molecule has 1 aromatic rings. The quantitative estimate of drug-likeness (QED) is 0.704. The van der Waals surface area contributed by atoms with Gasteiger partial charge >= 0.3 is 0 Å². The molecule has 14 heavy (non-hydrogen) atoms. The molecular formula is C10H12N4. The SMILES string of the molecule is Cn1cc(C2=CCNCC2)c(C#N)n1. The van der Waals surface area contributed by atoms with E-state index >= 15 is 0 Å². The zero-order valence-electron chi connectivity index (χ0n) is 8.12. The molecule has 0 bridgehead atoms. The zero-order chi connectivity index (χ0) is 9.97. The number of aromatic nitrogens is 2. The Morgan fingerprint density at radius 2 is 2.50 bits per heavy atom. The van der Waals surface area contributed by atoms with Crippen LogP contribution in [-0.2, 0) is 7.05 Å². The molecule has 0 atom stereocenters. The highest BCUT2D eigenvalue weighted by molar-refractivity contribution is 5.69. The average Bonchev–Trinajstić information content (AvgIpc) is 2.61. The number of nitrogens with zero attached hydrogens (tertiary/aromatic N) is 3. The maximum absolute atomic E-state index is 8.89. The topological polar surface area (TPSA) is 53.6 Å². The van der Waals surface area contributed by atoms with Gasteiger partial charge in [0.15, 0.2) is 5.69 Å². The van der Waals surface area contributed by atoms with Gasteiger partial charge in [-0.3, -0.25) is 4.68 Å². The van der Waals surface area contributed by atoms with E-state index < -0.39 is 0 Å². The summed E-state index contributed by atoms with van der Waals surface area (Å²) in [5, 5.41) is 16.2. The van der Waals surface area contributed by atoms with Gasteiger partial charge in [0.1, 0.15) is 6.07 Å². The molecule has 1 aliphatic rings. The van der Waals surface area contributed by atoms with Crippen LogP contribution in [0.5, 0.6) is 0 Å². The molecule has 4 heteroatoms. The molecule has 0 fully saturated rings. The van der Waals surface area contributed by atoms with Gasteiger partial charge in [-0.15, -0.1) is 0 Å². The summed E-state index contributed by atoms with van der Waals surface area (Å²) in [4.78, 5) is 0. The fraction of sp³-hybridized carbons (Fsp3) is 0.400. The molecule has 0 radical (unpaired) electrons. The van der Waals surface area contributed by atoms with Crippen LogP contribution in [0.4, 0.5) is 0 Å². The van der Waals surface area contributed by atoms with Gasteiger partial charge in [-0.25, -0.2) is 0 Å². The van der Waals surface area contributed by atoms with Gasteiger partial charge in [-0.1, -0.05) is 6.08 Å². The van der Waals surface area contributed by atoms with Crippen LogP contribution in [-0.4, -0.2) is 22.9 Å². The van der Waals surface area contributed by atoms with Crippen LogP contribution in [0, 0.1) is 11.3 Å². The Morgan fingerprint density at radius 3 is 3.14 bits per heavy atom. The second kappa shape index (κ2) is 3.64. The number of nitrogens with one attached hydrogen (secondary N) is 1. The summed E-state index contributed by atoms with van der Waals surface area (Å²) < 4.78 is 1.69. The van der Waals surface area contributed by atoms with Crippen molar-refractivity contribution < 1.29 is 0 Å². The first kappa shape index (κ1) is 8.97. The van der Waals surface area contributed by atoms with Crippen LogP contribution < -0.4 is 5.32 Å². The van der Waals surface area contributed by atoms with Crippen molar-refractivity contribution in [2.45, 2.75) is 6.42 Å². The Hall–Kier alpha value is -1.60. The van der Waals surface area contributed by atoms with Crippen LogP contribution >= 0.6 is 0 Å². The van der Waals surface area contributed by atoms with E-state index in [1.807, 2.05) is 13.2 Å². The number of hydrogen-bond acceptors (Lipinski definition) is 3. The summed E-state index contributed by atoms with van der Waals surface area (Å²) >= 11 is 0. The number of aryl methyl sites for hydroxylation is 1. The molecule has 0 saturated carbocycles. The van der Waals surface area contributed by atoms with Crippen molar-refractivity contribution in [2.75, 3.05) is 13.1 Å². The van der Waals surface area contributed by atoms with Crippen LogP contribution in [0.2, 0.25) is 0 Å². The third-order valence-corrected chi connectivity index (χ3v) is 2.34. The summed E-state index contributed by atoms with van der Waals surface area (Å²) in [5.41, 5.74) is 2.74. The summed E-state index contributed by atoms with van der Waals surface area (Å²) in [7, 11) is 1.84. The Morgan fingerprint density at radius 1 is 1.64 bits per heavy atom. The molecule has 2 heterocycles. The van der Waals surface area contributed by atoms with Gasteiger partial charge < -0.3 is 5.32 Å². The van der Waals surface area contributed by atoms with Crippen molar-refractivity contribution in [2.24, 2.45) is 7.05 Å². The van der Waals surface area contributed by atoms with Crippen LogP contribution in [0.25, 0.3) is 5.57 Å². The van der Waals surface area contributed by atoms with Crippen molar-refractivity contribution in [1.82, 2.24) is 15.1 Å². The van der Waals surface area contributed by atoms with Gasteiger partial charge in [-0.2, -0.15) is 10.4 Å². The van der Waals surface area contributed by atoms with E-state index in [1.165, 1.54) is 5.57 Å². The van der Waals surface area contributed by atoms with E-state index in [0.717, 1.165) is 25.1 Å². The Bertz CT molecular complexity index is 408. The molecule has 0 aliphatic carbocycles. The second-order valence-corrected chi connectivity index (χ2v) is 3.36. The van der Waals surface area contributed by atoms with Crippen LogP contribution in [0.3, 0.4) is 0 Å². The summed E-state index contributed by atoms with van der Waals surface area (Å²) in [5.74, 6) is 0. The van der Waals surface area contributed by atoms with Gasteiger partial charge in [0.25, 0.3) is 0 Å². The summed E-state index contributed by atoms with van der Waals surface area (Å²) in [6, 6.07) is 2.12. The van der Waals surface area contributed by atoms with Crippen LogP contribution in [0.1, 0.15) is 17.7 Å². The number of hydrogen-bond donors (Lipinski definition) is 1. The van der Waals surface area contributed by atoms with Gasteiger partial charge in [0.2, 0.25) is 0 Å². The number of rotatable bonds is 1. The minimum absolute atomic E-state index is 0.528. The predicted octanol–water partition coefficient (Wildman–Crippen LogP) is 0.668. The molecule has 0 aromatic carbocycles. The van der Waals surface area contributed by atoms with E-state index in [4.69, 9.17) is 5.26 Å². The minimum Gasteiger partial charge on any atom is -0.313 e. The predicted molar refractivity (Wildman–Crippen MR) is 53.4 cm³/mol. The highest BCUT2D eigenvalue weighted by atomic mass is 15.2. The maximum Gasteiger partial charge on any atom is 0.169 e. The Balaban J connectivity index is 2.40. The van der Waals surface area contributed by atoms with Crippen molar-refractivity contribution in [3.63, 3.8) is 0 Å². The lowest BCUT2D eigenvalue weighted by atomic mass is 10.0. The van der Waals surface area contributed by atoms with Crippen molar-refractivity contribution in [1.29, 1.82) is 5.26 Å². The molecule has 0 amide bonds. The molecular weight excluding hydrogens is 176 g/mol. The van der Waals surface area contributed by atoms with Crippen LogP contribution in [0.15, 0.2) is 12.3 Å². The normalized spacial score (nSPS) is 16.1. The first-order valence-electron chi connectivity index (χ1n) is 4.65. The van der Waals surface area contributed by atoms with Gasteiger partial charge in [0.05, 0.1) is 0 Å². The van der Waals surface area contributed by atoms with Crippen molar-refractivity contribution in [3.05, 3.63) is 23.5 Å². The zero-order valence-corrected chi connectivity index (χ0v) is 8.12. The maximum atomic E-state index is 8.89. The van der Waals surface area contributed by atoms with Gasteiger partial charge in [0, 0.05) is 25.4 Å². The number of nitriles is 1. The molecule has 0 saturated heterocycles. The summed E-state index contributed by atoms with van der Waals surface area (Å²) in [6.45, 7) is 1.86.